The van der Waals surface area contributed by atoms with Gasteiger partial charge in [0.05, 0.1) is 26.9 Å². The predicted octanol–water partition coefficient (Wildman–Crippen LogP) is 3.01. The number of carbonyl (C=O) groups excluding carboxylic acids is 1. The molecule has 21 heavy (non-hydrogen) atoms. The van der Waals surface area contributed by atoms with Crippen LogP contribution in [0.3, 0.4) is 0 Å². The second-order valence-electron chi connectivity index (χ2n) is 4.46. The number of amides is 1. The van der Waals surface area contributed by atoms with Gasteiger partial charge in [-0.15, -0.1) is 0 Å². The molecular weight excluding hydrogens is 338 g/mol. The molecule has 1 aromatic rings. The van der Waals surface area contributed by atoms with Gasteiger partial charge in [-0.2, -0.15) is 0 Å². The summed E-state index contributed by atoms with van der Waals surface area (Å²) in [7, 11) is 4.60. The Morgan fingerprint density at radius 2 is 1.71 bits per heavy atom. The van der Waals surface area contributed by atoms with Crippen LogP contribution in [0.2, 0.25) is 0 Å². The Balaban J connectivity index is 3.07. The number of halogens is 1. The Kier molecular flexibility index (Phi) is 7.36. The molecule has 0 radical (unpaired) electrons. The van der Waals surface area contributed by atoms with E-state index in [2.05, 4.69) is 21.2 Å². The first kappa shape index (κ1) is 17.6. The second kappa shape index (κ2) is 8.77. The van der Waals surface area contributed by atoms with Crippen molar-refractivity contribution < 1.29 is 19.0 Å². The summed E-state index contributed by atoms with van der Waals surface area (Å²) >= 11 is 3.39. The number of rotatable bonds is 8. The minimum atomic E-state index is -0.180. The highest BCUT2D eigenvalue weighted by molar-refractivity contribution is 9.09. The molecule has 0 aromatic heterocycles. The summed E-state index contributed by atoms with van der Waals surface area (Å²) in [5.41, 5.74) is 0.433. The highest BCUT2D eigenvalue weighted by atomic mass is 79.9. The van der Waals surface area contributed by atoms with Gasteiger partial charge in [-0.25, -0.2) is 0 Å². The van der Waals surface area contributed by atoms with E-state index in [1.54, 1.807) is 19.2 Å². The molecule has 1 rings (SSSR count). The van der Waals surface area contributed by atoms with E-state index in [4.69, 9.17) is 14.2 Å². The predicted molar refractivity (Wildman–Crippen MR) is 86.1 cm³/mol. The maximum absolute atomic E-state index is 12.4. The van der Waals surface area contributed by atoms with E-state index < -0.39 is 0 Å². The molecule has 0 spiro atoms. The van der Waals surface area contributed by atoms with Gasteiger partial charge in [-0.3, -0.25) is 4.79 Å². The zero-order valence-electron chi connectivity index (χ0n) is 12.9. The minimum Gasteiger partial charge on any atom is -0.496 e. The lowest BCUT2D eigenvalue weighted by Crippen LogP contribution is -2.34. The van der Waals surface area contributed by atoms with E-state index in [1.807, 2.05) is 6.92 Å². The van der Waals surface area contributed by atoms with Crippen molar-refractivity contribution in [2.75, 3.05) is 26.7 Å². The molecule has 1 unspecified atom stereocenters. The normalized spacial score (nSPS) is 11.7. The number of benzene rings is 1. The van der Waals surface area contributed by atoms with Crippen LogP contribution in [0.15, 0.2) is 12.1 Å². The lowest BCUT2D eigenvalue weighted by atomic mass is 10.1. The Bertz CT molecular complexity index is 479. The van der Waals surface area contributed by atoms with Gasteiger partial charge in [-0.05, 0) is 12.8 Å². The summed E-state index contributed by atoms with van der Waals surface area (Å²) in [6.07, 6.45) is 1.74. The topological polar surface area (TPSA) is 56.8 Å². The summed E-state index contributed by atoms with van der Waals surface area (Å²) < 4.78 is 15.7. The maximum atomic E-state index is 12.4. The number of hydrogen-bond donors (Lipinski definition) is 1. The van der Waals surface area contributed by atoms with Crippen LogP contribution in [0.1, 0.15) is 30.1 Å². The Morgan fingerprint density at radius 3 is 2.19 bits per heavy atom. The van der Waals surface area contributed by atoms with Gasteiger partial charge in [0.15, 0.2) is 11.5 Å². The first-order valence-electron chi connectivity index (χ1n) is 6.78. The van der Waals surface area contributed by atoms with E-state index >= 15 is 0 Å². The van der Waals surface area contributed by atoms with Crippen LogP contribution in [-0.4, -0.2) is 38.6 Å². The summed E-state index contributed by atoms with van der Waals surface area (Å²) in [5, 5.41) is 3.84. The van der Waals surface area contributed by atoms with Gasteiger partial charge >= 0.3 is 0 Å². The van der Waals surface area contributed by atoms with E-state index in [1.165, 1.54) is 14.2 Å². The highest BCUT2D eigenvalue weighted by Crippen LogP contribution is 2.34. The summed E-state index contributed by atoms with van der Waals surface area (Å²) in [6.45, 7) is 2.04. The van der Waals surface area contributed by atoms with Crippen molar-refractivity contribution in [2.45, 2.75) is 25.8 Å². The summed E-state index contributed by atoms with van der Waals surface area (Å²) in [6, 6.07) is 3.40. The smallest absolute Gasteiger partial charge is 0.255 e. The lowest BCUT2D eigenvalue weighted by Gasteiger charge is -2.18. The fraction of sp³-hybridized carbons (Fsp3) is 0.533. The largest absolute Gasteiger partial charge is 0.496 e. The summed E-state index contributed by atoms with van der Waals surface area (Å²) in [4.78, 5) is 12.4. The molecule has 118 valence electrons. The Labute approximate surface area is 134 Å². The first-order valence-corrected chi connectivity index (χ1v) is 7.90. The highest BCUT2D eigenvalue weighted by Gasteiger charge is 2.19. The maximum Gasteiger partial charge on any atom is 0.255 e. The monoisotopic (exact) mass is 359 g/mol. The van der Waals surface area contributed by atoms with Crippen molar-refractivity contribution in [3.8, 4) is 17.2 Å². The fourth-order valence-corrected chi connectivity index (χ4v) is 2.53. The Hall–Kier alpha value is -1.43. The van der Waals surface area contributed by atoms with Gasteiger partial charge in [-0.1, -0.05) is 22.9 Å². The number of ether oxygens (including phenoxy) is 3. The molecule has 0 fully saturated rings. The first-order chi connectivity index (χ1) is 10.1. The van der Waals surface area contributed by atoms with Crippen molar-refractivity contribution in [1.29, 1.82) is 0 Å². The number of nitrogens with one attached hydrogen (secondary N) is 1. The zero-order valence-corrected chi connectivity index (χ0v) is 14.5. The third-order valence-electron chi connectivity index (χ3n) is 3.24. The van der Waals surface area contributed by atoms with Crippen LogP contribution in [0, 0.1) is 0 Å². The van der Waals surface area contributed by atoms with Gasteiger partial charge in [0.2, 0.25) is 0 Å². The van der Waals surface area contributed by atoms with Gasteiger partial charge in [0.1, 0.15) is 5.75 Å². The van der Waals surface area contributed by atoms with E-state index in [0.29, 0.717) is 22.8 Å². The summed E-state index contributed by atoms with van der Waals surface area (Å²) in [5.74, 6) is 1.30. The van der Waals surface area contributed by atoms with E-state index in [0.717, 1.165) is 18.2 Å². The Morgan fingerprint density at radius 1 is 1.14 bits per heavy atom. The molecule has 0 bridgehead atoms. The number of hydrogen-bond acceptors (Lipinski definition) is 4. The standard InChI is InChI=1S/C15H22BrNO4/c1-5-10(6-7-16)17-15(18)11-8-13(20-3)14(21-4)9-12(11)19-2/h8-10H,5-7H2,1-4H3,(H,17,18). The van der Waals surface area contributed by atoms with Crippen LogP contribution in [0.5, 0.6) is 17.2 Å². The second-order valence-corrected chi connectivity index (χ2v) is 5.26. The quantitative estimate of drug-likeness (QED) is 0.724. The van der Waals surface area contributed by atoms with E-state index in [9.17, 15) is 4.79 Å². The molecule has 6 heteroatoms. The molecule has 0 aliphatic heterocycles. The molecule has 0 aliphatic carbocycles. The van der Waals surface area contributed by atoms with Crippen molar-refractivity contribution in [1.82, 2.24) is 5.32 Å². The number of carbonyl (C=O) groups is 1. The molecule has 1 aromatic carbocycles. The van der Waals surface area contributed by atoms with Gasteiger partial charge in [0.25, 0.3) is 5.91 Å². The van der Waals surface area contributed by atoms with Crippen molar-refractivity contribution >= 4 is 21.8 Å². The minimum absolute atomic E-state index is 0.120. The third kappa shape index (κ3) is 4.52. The molecule has 1 N–H and O–H groups in total. The molecule has 0 saturated heterocycles. The third-order valence-corrected chi connectivity index (χ3v) is 3.69. The van der Waals surface area contributed by atoms with Crippen LogP contribution >= 0.6 is 15.9 Å². The van der Waals surface area contributed by atoms with Crippen LogP contribution in [0.4, 0.5) is 0 Å². The molecule has 1 amide bonds. The van der Waals surface area contributed by atoms with Crippen LogP contribution in [-0.2, 0) is 0 Å². The van der Waals surface area contributed by atoms with Crippen molar-refractivity contribution in [2.24, 2.45) is 0 Å². The number of alkyl halides is 1. The number of methoxy groups -OCH3 is 3. The average Bonchev–Trinajstić information content (AvgIpc) is 2.52. The molecular formula is C15H22BrNO4. The van der Waals surface area contributed by atoms with Crippen molar-refractivity contribution in [3.05, 3.63) is 17.7 Å². The van der Waals surface area contributed by atoms with Crippen LogP contribution in [0.25, 0.3) is 0 Å². The average molecular weight is 360 g/mol. The fourth-order valence-electron chi connectivity index (χ4n) is 1.98. The zero-order chi connectivity index (χ0) is 15.8. The SMILES string of the molecule is CCC(CCBr)NC(=O)c1cc(OC)c(OC)cc1OC. The van der Waals surface area contributed by atoms with Crippen molar-refractivity contribution in [3.63, 3.8) is 0 Å². The molecule has 5 nitrogen and oxygen atoms in total. The molecule has 1 atom stereocenters. The lowest BCUT2D eigenvalue weighted by molar-refractivity contribution is 0.0931. The molecule has 0 saturated carbocycles. The van der Waals surface area contributed by atoms with Gasteiger partial charge in [0, 0.05) is 23.5 Å². The molecule has 0 heterocycles. The molecule has 0 aliphatic rings. The van der Waals surface area contributed by atoms with E-state index in [-0.39, 0.29) is 11.9 Å². The van der Waals surface area contributed by atoms with Crippen LogP contribution < -0.4 is 19.5 Å². The van der Waals surface area contributed by atoms with Gasteiger partial charge < -0.3 is 19.5 Å².